The highest BCUT2D eigenvalue weighted by Crippen LogP contribution is 2.22. The maximum Gasteiger partial charge on any atom is 0.235 e. The van der Waals surface area contributed by atoms with Crippen LogP contribution in [0.15, 0.2) is 48.0 Å². The van der Waals surface area contributed by atoms with Crippen LogP contribution in [-0.2, 0) is 11.3 Å². The van der Waals surface area contributed by atoms with Crippen LogP contribution in [0.5, 0.6) is 0 Å². The molecule has 1 N–H and O–H groups in total. The summed E-state index contributed by atoms with van der Waals surface area (Å²) in [6, 6.07) is 8.12. The molecule has 0 aliphatic rings. The van der Waals surface area contributed by atoms with Crippen molar-refractivity contribution in [3.8, 4) is 5.69 Å². The van der Waals surface area contributed by atoms with Crippen LogP contribution in [0.25, 0.3) is 5.69 Å². The Labute approximate surface area is 164 Å². The molecule has 6 nitrogen and oxygen atoms in total. The van der Waals surface area contributed by atoms with E-state index in [2.05, 4.69) is 61.3 Å². The topological polar surface area (TPSA) is 64.7 Å². The fourth-order valence-corrected chi connectivity index (χ4v) is 3.48. The van der Waals surface area contributed by atoms with Crippen LogP contribution < -0.4 is 5.32 Å². The lowest BCUT2D eigenvalue weighted by Gasteiger charge is -2.11. The van der Waals surface area contributed by atoms with Gasteiger partial charge in [0.1, 0.15) is 5.82 Å². The van der Waals surface area contributed by atoms with Crippen molar-refractivity contribution < 1.29 is 4.79 Å². The SMILES string of the molecule is Cc1ccc(-n2ccnc2SCC(=O)Nc2ccnn2CC(C)C)cc1C. The number of nitrogens with one attached hydrogen (secondary N) is 1. The lowest BCUT2D eigenvalue weighted by Crippen LogP contribution is -2.19. The third-order valence-electron chi connectivity index (χ3n) is 4.23. The molecule has 2 aromatic heterocycles. The Morgan fingerprint density at radius 2 is 2.00 bits per heavy atom. The number of carbonyl (C=O) groups is 1. The number of hydrogen-bond donors (Lipinski definition) is 1. The second kappa shape index (κ2) is 8.43. The monoisotopic (exact) mass is 383 g/mol. The quantitative estimate of drug-likeness (QED) is 0.625. The minimum absolute atomic E-state index is 0.0693. The summed E-state index contributed by atoms with van der Waals surface area (Å²) < 4.78 is 3.83. The second-order valence-electron chi connectivity index (χ2n) is 6.98. The predicted octanol–water partition coefficient (Wildman–Crippen LogP) is 4.07. The van der Waals surface area contributed by atoms with Gasteiger partial charge in [-0.05, 0) is 43.0 Å². The van der Waals surface area contributed by atoms with E-state index in [1.807, 2.05) is 21.5 Å². The van der Waals surface area contributed by atoms with Crippen molar-refractivity contribution in [2.75, 3.05) is 11.1 Å². The Morgan fingerprint density at radius 1 is 1.19 bits per heavy atom. The number of thioether (sulfide) groups is 1. The summed E-state index contributed by atoms with van der Waals surface area (Å²) in [6.07, 6.45) is 5.38. The molecule has 3 rings (SSSR count). The molecule has 1 amide bonds. The Bertz CT molecular complexity index is 928. The molecule has 27 heavy (non-hydrogen) atoms. The number of rotatable bonds is 7. The van der Waals surface area contributed by atoms with E-state index in [1.54, 1.807) is 12.4 Å². The molecule has 0 spiro atoms. The van der Waals surface area contributed by atoms with Gasteiger partial charge < -0.3 is 5.32 Å². The van der Waals surface area contributed by atoms with Gasteiger partial charge in [-0.3, -0.25) is 9.36 Å². The van der Waals surface area contributed by atoms with Gasteiger partial charge in [0.15, 0.2) is 5.16 Å². The molecule has 0 bridgehead atoms. The van der Waals surface area contributed by atoms with E-state index in [9.17, 15) is 4.79 Å². The number of aromatic nitrogens is 4. The van der Waals surface area contributed by atoms with Crippen molar-refractivity contribution in [2.24, 2.45) is 5.92 Å². The number of nitrogens with zero attached hydrogens (tertiary/aromatic N) is 4. The number of amides is 1. The Balaban J connectivity index is 1.64. The number of carbonyl (C=O) groups excluding carboxylic acids is 1. The van der Waals surface area contributed by atoms with E-state index in [0.717, 1.165) is 23.2 Å². The molecule has 2 heterocycles. The minimum Gasteiger partial charge on any atom is -0.310 e. The first-order valence-electron chi connectivity index (χ1n) is 8.99. The van der Waals surface area contributed by atoms with Gasteiger partial charge in [-0.25, -0.2) is 9.67 Å². The number of aryl methyl sites for hydroxylation is 2. The summed E-state index contributed by atoms with van der Waals surface area (Å²) in [6.45, 7) is 9.20. The lowest BCUT2D eigenvalue weighted by molar-refractivity contribution is -0.113. The summed E-state index contributed by atoms with van der Waals surface area (Å²) in [4.78, 5) is 16.8. The zero-order valence-electron chi connectivity index (χ0n) is 16.1. The van der Waals surface area contributed by atoms with Gasteiger partial charge in [-0.15, -0.1) is 0 Å². The van der Waals surface area contributed by atoms with Crippen molar-refractivity contribution >= 4 is 23.5 Å². The lowest BCUT2D eigenvalue weighted by atomic mass is 10.1. The van der Waals surface area contributed by atoms with Crippen LogP contribution in [0.2, 0.25) is 0 Å². The Hall–Kier alpha value is -2.54. The zero-order chi connectivity index (χ0) is 19.4. The first-order valence-corrected chi connectivity index (χ1v) is 9.98. The normalized spacial score (nSPS) is 11.1. The summed E-state index contributed by atoms with van der Waals surface area (Å²) in [7, 11) is 0. The smallest absolute Gasteiger partial charge is 0.235 e. The molecule has 0 radical (unpaired) electrons. The number of benzene rings is 1. The van der Waals surface area contributed by atoms with Crippen molar-refractivity contribution in [3.05, 3.63) is 54.0 Å². The molecule has 1 aromatic carbocycles. The van der Waals surface area contributed by atoms with Gasteiger partial charge in [-0.1, -0.05) is 31.7 Å². The van der Waals surface area contributed by atoms with E-state index in [1.165, 1.54) is 22.9 Å². The molecule has 0 saturated carbocycles. The maximum atomic E-state index is 12.4. The molecule has 142 valence electrons. The van der Waals surface area contributed by atoms with Crippen LogP contribution in [0, 0.1) is 19.8 Å². The van der Waals surface area contributed by atoms with Crippen LogP contribution in [0.3, 0.4) is 0 Å². The third-order valence-corrected chi connectivity index (χ3v) is 5.20. The maximum absolute atomic E-state index is 12.4. The number of imidazole rings is 1. The third kappa shape index (κ3) is 4.80. The largest absolute Gasteiger partial charge is 0.310 e. The summed E-state index contributed by atoms with van der Waals surface area (Å²) in [5, 5.41) is 8.00. The van der Waals surface area contributed by atoms with Gasteiger partial charge in [0, 0.05) is 30.7 Å². The average Bonchev–Trinajstić information content (AvgIpc) is 3.25. The van der Waals surface area contributed by atoms with Gasteiger partial charge in [0.2, 0.25) is 5.91 Å². The summed E-state index contributed by atoms with van der Waals surface area (Å²) in [5.74, 6) is 1.40. The van der Waals surface area contributed by atoms with Crippen molar-refractivity contribution in [3.63, 3.8) is 0 Å². The van der Waals surface area contributed by atoms with Crippen LogP contribution in [-0.4, -0.2) is 31.0 Å². The number of hydrogen-bond acceptors (Lipinski definition) is 4. The molecule has 0 saturated heterocycles. The average molecular weight is 384 g/mol. The van der Waals surface area contributed by atoms with Gasteiger partial charge >= 0.3 is 0 Å². The number of anilines is 1. The predicted molar refractivity (Wildman–Crippen MR) is 109 cm³/mol. The highest BCUT2D eigenvalue weighted by Gasteiger charge is 2.12. The van der Waals surface area contributed by atoms with E-state index in [-0.39, 0.29) is 11.7 Å². The van der Waals surface area contributed by atoms with E-state index in [4.69, 9.17) is 0 Å². The fourth-order valence-electron chi connectivity index (χ4n) is 2.71. The molecule has 7 heteroatoms. The summed E-state index contributed by atoms with van der Waals surface area (Å²) >= 11 is 1.42. The first-order chi connectivity index (χ1) is 12.9. The van der Waals surface area contributed by atoms with Crippen molar-refractivity contribution in [1.29, 1.82) is 0 Å². The van der Waals surface area contributed by atoms with Crippen molar-refractivity contribution in [1.82, 2.24) is 19.3 Å². The highest BCUT2D eigenvalue weighted by atomic mass is 32.2. The Kier molecular flexibility index (Phi) is 6.01. The standard InChI is InChI=1S/C20H25N5OS/c1-14(2)12-25-18(7-8-22-25)23-19(26)13-27-20-21-9-10-24(20)17-6-5-15(3)16(4)11-17/h5-11,14H,12-13H2,1-4H3,(H,23,26). The van der Waals surface area contributed by atoms with E-state index < -0.39 is 0 Å². The fraction of sp³-hybridized carbons (Fsp3) is 0.350. The van der Waals surface area contributed by atoms with Crippen molar-refractivity contribution in [2.45, 2.75) is 39.4 Å². The minimum atomic E-state index is -0.0693. The van der Waals surface area contributed by atoms with E-state index in [0.29, 0.717) is 5.92 Å². The molecule has 0 unspecified atom stereocenters. The molecular formula is C20H25N5OS. The molecular weight excluding hydrogens is 358 g/mol. The first kappa shape index (κ1) is 19.2. The van der Waals surface area contributed by atoms with E-state index >= 15 is 0 Å². The van der Waals surface area contributed by atoms with Gasteiger partial charge in [0.05, 0.1) is 11.9 Å². The van der Waals surface area contributed by atoms with Gasteiger partial charge in [0.25, 0.3) is 0 Å². The molecule has 0 aliphatic carbocycles. The van der Waals surface area contributed by atoms with Crippen LogP contribution in [0.1, 0.15) is 25.0 Å². The van der Waals surface area contributed by atoms with Gasteiger partial charge in [-0.2, -0.15) is 5.10 Å². The summed E-state index contributed by atoms with van der Waals surface area (Å²) in [5.41, 5.74) is 3.53. The van der Waals surface area contributed by atoms with Crippen LogP contribution >= 0.6 is 11.8 Å². The second-order valence-corrected chi connectivity index (χ2v) is 7.92. The molecule has 3 aromatic rings. The molecule has 0 aliphatic heterocycles. The van der Waals surface area contributed by atoms with Crippen LogP contribution in [0.4, 0.5) is 5.82 Å². The Morgan fingerprint density at radius 3 is 2.74 bits per heavy atom. The molecule has 0 atom stereocenters. The molecule has 0 fully saturated rings. The highest BCUT2D eigenvalue weighted by molar-refractivity contribution is 7.99. The zero-order valence-corrected chi connectivity index (χ0v) is 17.0.